The van der Waals surface area contributed by atoms with Gasteiger partial charge in [0.1, 0.15) is 6.54 Å². The fourth-order valence-electron chi connectivity index (χ4n) is 1.52. The molecule has 1 aromatic rings. The van der Waals surface area contributed by atoms with Crippen molar-refractivity contribution in [3.8, 4) is 0 Å². The van der Waals surface area contributed by atoms with Crippen molar-refractivity contribution < 1.29 is 14.7 Å². The number of thiazole rings is 1. The Morgan fingerprint density at radius 3 is 2.67 bits per heavy atom. The zero-order chi connectivity index (χ0) is 13.7. The predicted octanol–water partition coefficient (Wildman–Crippen LogP) is 0.588. The molecule has 2 N–H and O–H groups in total. The lowest BCUT2D eigenvalue weighted by Gasteiger charge is -2.15. The van der Waals surface area contributed by atoms with Gasteiger partial charge in [-0.05, 0) is 13.3 Å². The van der Waals surface area contributed by atoms with Gasteiger partial charge in [0, 0.05) is 17.1 Å². The molecule has 6 nitrogen and oxygen atoms in total. The molecule has 1 amide bonds. The highest BCUT2D eigenvalue weighted by Crippen LogP contribution is 2.01. The lowest BCUT2D eigenvalue weighted by Crippen LogP contribution is -2.39. The fourth-order valence-corrected chi connectivity index (χ4v) is 2.26. The second-order valence-corrected chi connectivity index (χ2v) is 4.82. The van der Waals surface area contributed by atoms with Crippen LogP contribution in [0.5, 0.6) is 0 Å². The Morgan fingerprint density at radius 1 is 1.56 bits per heavy atom. The van der Waals surface area contributed by atoms with Gasteiger partial charge in [-0.2, -0.15) is 0 Å². The molecule has 0 saturated carbocycles. The number of rotatable bonds is 6. The molecule has 0 radical (unpaired) electrons. The van der Waals surface area contributed by atoms with Crippen molar-refractivity contribution in [2.24, 2.45) is 0 Å². The number of nitrogens with one attached hydrogen (secondary N) is 1. The first-order valence-corrected chi connectivity index (χ1v) is 6.48. The lowest BCUT2D eigenvalue weighted by atomic mass is 10.1. The van der Waals surface area contributed by atoms with Crippen molar-refractivity contribution in [2.45, 2.75) is 39.3 Å². The van der Waals surface area contributed by atoms with Crippen LogP contribution in [0.25, 0.3) is 0 Å². The van der Waals surface area contributed by atoms with E-state index in [1.54, 1.807) is 19.2 Å². The molecule has 0 aliphatic rings. The first-order valence-electron chi connectivity index (χ1n) is 5.60. The van der Waals surface area contributed by atoms with E-state index in [1.807, 2.05) is 0 Å². The minimum Gasteiger partial charge on any atom is -0.481 e. The zero-order valence-electron chi connectivity index (χ0n) is 10.3. The minimum absolute atomic E-state index is 0.0652. The highest BCUT2D eigenvalue weighted by molar-refractivity contribution is 7.07. The van der Waals surface area contributed by atoms with Crippen LogP contribution in [-0.2, 0) is 16.1 Å². The third-order valence-electron chi connectivity index (χ3n) is 2.56. The van der Waals surface area contributed by atoms with Crippen molar-refractivity contribution in [3.05, 3.63) is 20.7 Å². The van der Waals surface area contributed by atoms with Crippen LogP contribution in [0.1, 0.15) is 25.5 Å². The molecule has 0 aliphatic carbocycles. The highest BCUT2D eigenvalue weighted by atomic mass is 32.1. The number of carboxylic acid groups (broad SMARTS) is 1. The molecular formula is C11H16N2O4S. The number of aryl methyl sites for hydroxylation is 1. The molecule has 18 heavy (non-hydrogen) atoms. The Morgan fingerprint density at radius 2 is 2.22 bits per heavy atom. The summed E-state index contributed by atoms with van der Waals surface area (Å²) in [6.45, 7) is 3.49. The average Bonchev–Trinajstić information content (AvgIpc) is 2.59. The predicted molar refractivity (Wildman–Crippen MR) is 67.8 cm³/mol. The Kier molecular flexibility index (Phi) is 5.08. The van der Waals surface area contributed by atoms with E-state index in [2.05, 4.69) is 5.32 Å². The molecule has 0 aliphatic heterocycles. The van der Waals surface area contributed by atoms with Crippen LogP contribution in [-0.4, -0.2) is 27.6 Å². The van der Waals surface area contributed by atoms with Crippen molar-refractivity contribution in [1.82, 2.24) is 9.88 Å². The number of nitrogens with zero attached hydrogens (tertiary/aromatic N) is 1. The number of carbonyl (C=O) groups is 2. The summed E-state index contributed by atoms with van der Waals surface area (Å²) in [5.41, 5.74) is 0.728. The molecule has 0 aromatic carbocycles. The van der Waals surface area contributed by atoms with Gasteiger partial charge < -0.3 is 10.4 Å². The summed E-state index contributed by atoms with van der Waals surface area (Å²) in [6.07, 6.45) is 0.426. The Balaban J connectivity index is 2.61. The molecule has 1 rings (SSSR count). The van der Waals surface area contributed by atoms with Crippen molar-refractivity contribution in [3.63, 3.8) is 0 Å². The summed E-state index contributed by atoms with van der Waals surface area (Å²) in [5.74, 6) is -1.29. The molecule has 0 saturated heterocycles. The molecule has 0 bridgehead atoms. The van der Waals surface area contributed by atoms with E-state index in [-0.39, 0.29) is 23.7 Å². The van der Waals surface area contributed by atoms with E-state index in [1.165, 1.54) is 4.57 Å². The molecule has 0 spiro atoms. The summed E-state index contributed by atoms with van der Waals surface area (Å²) >= 11 is 1.04. The van der Waals surface area contributed by atoms with Gasteiger partial charge in [0.15, 0.2) is 0 Å². The van der Waals surface area contributed by atoms with Crippen molar-refractivity contribution >= 4 is 23.2 Å². The fraction of sp³-hybridized carbons (Fsp3) is 0.545. The topological polar surface area (TPSA) is 88.4 Å². The second kappa shape index (κ2) is 6.34. The van der Waals surface area contributed by atoms with Gasteiger partial charge in [0.2, 0.25) is 5.91 Å². The standard InChI is InChI=1S/C11H16N2O4S/c1-3-8(4-10(15)16)12-9(14)5-13-7(2)6-18-11(13)17/h6,8H,3-5H2,1-2H3,(H,12,14)(H,15,16). The van der Waals surface area contributed by atoms with E-state index >= 15 is 0 Å². The van der Waals surface area contributed by atoms with Gasteiger partial charge in [-0.25, -0.2) is 0 Å². The Labute approximate surface area is 108 Å². The third-order valence-corrected chi connectivity index (χ3v) is 3.44. The summed E-state index contributed by atoms with van der Waals surface area (Å²) in [5, 5.41) is 13.0. The quantitative estimate of drug-likeness (QED) is 0.793. The third kappa shape index (κ3) is 3.99. The minimum atomic E-state index is -0.953. The molecule has 100 valence electrons. The van der Waals surface area contributed by atoms with E-state index < -0.39 is 12.0 Å². The van der Waals surface area contributed by atoms with E-state index in [0.29, 0.717) is 6.42 Å². The van der Waals surface area contributed by atoms with Crippen LogP contribution >= 0.6 is 11.3 Å². The molecule has 1 unspecified atom stereocenters. The van der Waals surface area contributed by atoms with Crippen molar-refractivity contribution in [1.29, 1.82) is 0 Å². The molecule has 1 aromatic heterocycles. The lowest BCUT2D eigenvalue weighted by molar-refractivity contribution is -0.137. The van der Waals surface area contributed by atoms with Gasteiger partial charge in [-0.1, -0.05) is 18.3 Å². The number of amides is 1. The summed E-state index contributed by atoms with van der Waals surface area (Å²) < 4.78 is 1.37. The first-order chi connectivity index (χ1) is 8.43. The maximum atomic E-state index is 11.7. The van der Waals surface area contributed by atoms with Gasteiger partial charge in [-0.15, -0.1) is 0 Å². The van der Waals surface area contributed by atoms with Gasteiger partial charge >= 0.3 is 10.8 Å². The van der Waals surface area contributed by atoms with Crippen LogP contribution in [0, 0.1) is 6.92 Å². The van der Waals surface area contributed by atoms with Crippen LogP contribution < -0.4 is 10.2 Å². The average molecular weight is 272 g/mol. The van der Waals surface area contributed by atoms with Crippen LogP contribution in [0.15, 0.2) is 10.2 Å². The summed E-state index contributed by atoms with van der Waals surface area (Å²) in [6, 6.07) is -0.398. The monoisotopic (exact) mass is 272 g/mol. The highest BCUT2D eigenvalue weighted by Gasteiger charge is 2.15. The van der Waals surface area contributed by atoms with Gasteiger partial charge in [0.25, 0.3) is 0 Å². The molecular weight excluding hydrogens is 256 g/mol. The Hall–Kier alpha value is -1.63. The van der Waals surface area contributed by atoms with Gasteiger partial charge in [0.05, 0.1) is 6.42 Å². The summed E-state index contributed by atoms with van der Waals surface area (Å²) in [4.78, 5) is 33.5. The second-order valence-electron chi connectivity index (χ2n) is 4.00. The van der Waals surface area contributed by atoms with Crippen LogP contribution in [0.2, 0.25) is 0 Å². The van der Waals surface area contributed by atoms with Gasteiger partial charge in [-0.3, -0.25) is 19.0 Å². The van der Waals surface area contributed by atoms with Crippen LogP contribution in [0.3, 0.4) is 0 Å². The number of carbonyl (C=O) groups excluding carboxylic acids is 1. The van der Waals surface area contributed by atoms with Crippen molar-refractivity contribution in [2.75, 3.05) is 0 Å². The molecule has 0 fully saturated rings. The maximum absolute atomic E-state index is 11.7. The molecule has 1 heterocycles. The number of carboxylic acids is 1. The number of hydrogen-bond acceptors (Lipinski definition) is 4. The van der Waals surface area contributed by atoms with E-state index in [9.17, 15) is 14.4 Å². The van der Waals surface area contributed by atoms with E-state index in [4.69, 9.17) is 5.11 Å². The molecule has 7 heteroatoms. The zero-order valence-corrected chi connectivity index (χ0v) is 11.1. The number of aliphatic carboxylic acids is 1. The number of aromatic nitrogens is 1. The first kappa shape index (κ1) is 14.4. The maximum Gasteiger partial charge on any atom is 0.307 e. The number of hydrogen-bond donors (Lipinski definition) is 2. The smallest absolute Gasteiger partial charge is 0.307 e. The summed E-state index contributed by atoms with van der Waals surface area (Å²) in [7, 11) is 0. The van der Waals surface area contributed by atoms with Crippen LogP contribution in [0.4, 0.5) is 0 Å². The largest absolute Gasteiger partial charge is 0.481 e. The Bertz CT molecular complexity index is 491. The molecule has 1 atom stereocenters. The van der Waals surface area contributed by atoms with E-state index in [0.717, 1.165) is 17.0 Å². The SMILES string of the molecule is CCC(CC(=O)O)NC(=O)Cn1c(C)csc1=O. The normalized spacial score (nSPS) is 12.1.